The first-order valence-corrected chi connectivity index (χ1v) is 6.96. The van der Waals surface area contributed by atoms with E-state index in [1.165, 1.54) is 6.42 Å². The zero-order chi connectivity index (χ0) is 13.2. The molecule has 2 atom stereocenters. The van der Waals surface area contributed by atoms with Crippen LogP contribution in [0.3, 0.4) is 0 Å². The summed E-state index contributed by atoms with van der Waals surface area (Å²) in [6.07, 6.45) is 4.22. The van der Waals surface area contributed by atoms with Gasteiger partial charge in [-0.05, 0) is 30.9 Å². The second-order valence-electron chi connectivity index (χ2n) is 5.43. The van der Waals surface area contributed by atoms with E-state index in [2.05, 4.69) is 16.8 Å². The van der Waals surface area contributed by atoms with Crippen molar-refractivity contribution in [3.8, 4) is 0 Å². The number of para-hydroxylation sites is 2. The molecule has 4 heteroatoms. The normalized spacial score (nSPS) is 23.8. The lowest BCUT2D eigenvalue weighted by Gasteiger charge is -2.38. The van der Waals surface area contributed by atoms with Crippen LogP contribution >= 0.6 is 0 Å². The molecule has 1 saturated heterocycles. The number of nitrogens with zero attached hydrogens (tertiary/aromatic N) is 3. The van der Waals surface area contributed by atoms with Crippen LogP contribution < -0.4 is 10.6 Å². The number of nitrogens with two attached hydrogens (primary N) is 1. The average Bonchev–Trinajstić information content (AvgIpc) is 2.46. The fourth-order valence-electron chi connectivity index (χ4n) is 2.86. The number of hydrogen-bond donors (Lipinski definition) is 1. The third-order valence-electron chi connectivity index (χ3n) is 3.98. The molecule has 0 bridgehead atoms. The third kappa shape index (κ3) is 2.40. The SMILES string of the molecule is CC1CCN(c2cnc3ccccc3n2)C(CN)C1. The first-order valence-electron chi connectivity index (χ1n) is 6.96. The van der Waals surface area contributed by atoms with Crippen LogP contribution in [0.15, 0.2) is 30.5 Å². The zero-order valence-corrected chi connectivity index (χ0v) is 11.3. The van der Waals surface area contributed by atoms with Crippen LogP contribution in [-0.4, -0.2) is 29.1 Å². The van der Waals surface area contributed by atoms with Crippen LogP contribution in [0, 0.1) is 5.92 Å². The Labute approximate surface area is 113 Å². The summed E-state index contributed by atoms with van der Waals surface area (Å²) in [6.45, 7) is 4.00. The smallest absolute Gasteiger partial charge is 0.148 e. The Balaban J connectivity index is 1.94. The highest BCUT2D eigenvalue weighted by Gasteiger charge is 2.26. The predicted octanol–water partition coefficient (Wildman–Crippen LogP) is 2.19. The van der Waals surface area contributed by atoms with Gasteiger partial charge in [0.2, 0.25) is 0 Å². The fraction of sp³-hybridized carbons (Fsp3) is 0.467. The van der Waals surface area contributed by atoms with Crippen LogP contribution in [0.2, 0.25) is 0 Å². The topological polar surface area (TPSA) is 55.0 Å². The first kappa shape index (κ1) is 12.4. The molecule has 0 spiro atoms. The van der Waals surface area contributed by atoms with E-state index >= 15 is 0 Å². The van der Waals surface area contributed by atoms with E-state index in [0.29, 0.717) is 12.6 Å². The molecule has 2 unspecified atom stereocenters. The molecule has 0 aliphatic carbocycles. The molecule has 19 heavy (non-hydrogen) atoms. The number of aromatic nitrogens is 2. The largest absolute Gasteiger partial charge is 0.351 e. The Kier molecular flexibility index (Phi) is 3.34. The molecule has 1 aliphatic rings. The Morgan fingerprint density at radius 2 is 2.11 bits per heavy atom. The lowest BCUT2D eigenvalue weighted by molar-refractivity contribution is 0.365. The quantitative estimate of drug-likeness (QED) is 0.895. The van der Waals surface area contributed by atoms with E-state index < -0.39 is 0 Å². The highest BCUT2D eigenvalue weighted by Crippen LogP contribution is 2.26. The van der Waals surface area contributed by atoms with E-state index in [1.807, 2.05) is 30.5 Å². The van der Waals surface area contributed by atoms with Crippen molar-refractivity contribution in [3.05, 3.63) is 30.5 Å². The highest BCUT2D eigenvalue weighted by molar-refractivity contribution is 5.75. The molecule has 0 amide bonds. The Hall–Kier alpha value is -1.68. The second-order valence-corrected chi connectivity index (χ2v) is 5.43. The predicted molar refractivity (Wildman–Crippen MR) is 78.1 cm³/mol. The van der Waals surface area contributed by atoms with Crippen molar-refractivity contribution in [1.29, 1.82) is 0 Å². The minimum absolute atomic E-state index is 0.388. The van der Waals surface area contributed by atoms with Gasteiger partial charge in [0.05, 0.1) is 17.2 Å². The molecule has 0 radical (unpaired) electrons. The number of benzene rings is 1. The van der Waals surface area contributed by atoms with Gasteiger partial charge in [0.1, 0.15) is 5.82 Å². The molecule has 2 N–H and O–H groups in total. The summed E-state index contributed by atoms with van der Waals surface area (Å²) in [7, 11) is 0. The molecule has 1 aliphatic heterocycles. The van der Waals surface area contributed by atoms with Gasteiger partial charge in [0.15, 0.2) is 0 Å². The van der Waals surface area contributed by atoms with Crippen molar-refractivity contribution in [1.82, 2.24) is 9.97 Å². The van der Waals surface area contributed by atoms with Crippen LogP contribution in [0.4, 0.5) is 5.82 Å². The molecule has 2 aromatic rings. The third-order valence-corrected chi connectivity index (χ3v) is 3.98. The summed E-state index contributed by atoms with van der Waals surface area (Å²) in [6, 6.07) is 8.38. The van der Waals surface area contributed by atoms with Crippen molar-refractivity contribution in [3.63, 3.8) is 0 Å². The molecular weight excluding hydrogens is 236 g/mol. The molecular formula is C15H20N4. The minimum atomic E-state index is 0.388. The molecule has 1 fully saturated rings. The number of hydrogen-bond acceptors (Lipinski definition) is 4. The lowest BCUT2D eigenvalue weighted by atomic mass is 9.92. The lowest BCUT2D eigenvalue weighted by Crippen LogP contribution is -2.46. The Bertz CT molecular complexity index is 569. The first-order chi connectivity index (χ1) is 9.28. The summed E-state index contributed by atoms with van der Waals surface area (Å²) >= 11 is 0. The van der Waals surface area contributed by atoms with Gasteiger partial charge in [0.25, 0.3) is 0 Å². The van der Waals surface area contributed by atoms with Crippen LogP contribution in [0.25, 0.3) is 11.0 Å². The highest BCUT2D eigenvalue weighted by atomic mass is 15.2. The monoisotopic (exact) mass is 256 g/mol. The zero-order valence-electron chi connectivity index (χ0n) is 11.3. The fourth-order valence-corrected chi connectivity index (χ4v) is 2.86. The van der Waals surface area contributed by atoms with Crippen LogP contribution in [0.1, 0.15) is 19.8 Å². The van der Waals surface area contributed by atoms with E-state index in [1.54, 1.807) is 0 Å². The van der Waals surface area contributed by atoms with E-state index in [4.69, 9.17) is 10.7 Å². The summed E-state index contributed by atoms with van der Waals surface area (Å²) in [5.41, 5.74) is 7.81. The van der Waals surface area contributed by atoms with Gasteiger partial charge >= 0.3 is 0 Å². The summed E-state index contributed by atoms with van der Waals surface area (Å²) in [5, 5.41) is 0. The van der Waals surface area contributed by atoms with Crippen LogP contribution in [0.5, 0.6) is 0 Å². The maximum atomic E-state index is 5.92. The average molecular weight is 256 g/mol. The Morgan fingerprint density at radius 3 is 2.89 bits per heavy atom. The number of anilines is 1. The van der Waals surface area contributed by atoms with Gasteiger partial charge in [-0.1, -0.05) is 19.1 Å². The van der Waals surface area contributed by atoms with Crippen molar-refractivity contribution < 1.29 is 0 Å². The van der Waals surface area contributed by atoms with Gasteiger partial charge in [-0.25, -0.2) is 4.98 Å². The molecule has 100 valence electrons. The van der Waals surface area contributed by atoms with Crippen molar-refractivity contribution in [2.75, 3.05) is 18.0 Å². The van der Waals surface area contributed by atoms with E-state index in [0.717, 1.165) is 35.7 Å². The van der Waals surface area contributed by atoms with Crippen molar-refractivity contribution >= 4 is 16.9 Å². The van der Waals surface area contributed by atoms with Crippen LogP contribution in [-0.2, 0) is 0 Å². The van der Waals surface area contributed by atoms with Gasteiger partial charge in [-0.15, -0.1) is 0 Å². The summed E-state index contributed by atoms with van der Waals surface area (Å²) in [5.74, 6) is 1.71. The van der Waals surface area contributed by atoms with Gasteiger partial charge < -0.3 is 10.6 Å². The van der Waals surface area contributed by atoms with Crippen molar-refractivity contribution in [2.45, 2.75) is 25.8 Å². The van der Waals surface area contributed by atoms with Gasteiger partial charge in [-0.2, -0.15) is 0 Å². The van der Waals surface area contributed by atoms with E-state index in [-0.39, 0.29) is 0 Å². The number of piperidine rings is 1. The second kappa shape index (κ2) is 5.13. The summed E-state index contributed by atoms with van der Waals surface area (Å²) < 4.78 is 0. The minimum Gasteiger partial charge on any atom is -0.351 e. The van der Waals surface area contributed by atoms with Gasteiger partial charge in [0, 0.05) is 19.1 Å². The number of fused-ring (bicyclic) bond motifs is 1. The standard InChI is InChI=1S/C15H20N4/c1-11-6-7-19(12(8-11)9-16)15-10-17-13-4-2-3-5-14(13)18-15/h2-5,10-12H,6-9,16H2,1H3. The number of rotatable bonds is 2. The maximum Gasteiger partial charge on any atom is 0.148 e. The van der Waals surface area contributed by atoms with E-state index in [9.17, 15) is 0 Å². The maximum absolute atomic E-state index is 5.92. The molecule has 4 nitrogen and oxygen atoms in total. The molecule has 1 aromatic carbocycles. The summed E-state index contributed by atoms with van der Waals surface area (Å²) in [4.78, 5) is 11.5. The Morgan fingerprint density at radius 1 is 1.32 bits per heavy atom. The molecule has 3 rings (SSSR count). The molecule has 0 saturated carbocycles. The molecule has 2 heterocycles. The van der Waals surface area contributed by atoms with Gasteiger partial charge in [-0.3, -0.25) is 4.98 Å². The van der Waals surface area contributed by atoms with Crippen molar-refractivity contribution in [2.24, 2.45) is 11.7 Å². The molecule has 1 aromatic heterocycles.